The number of piperazine rings is 1. The Balaban J connectivity index is 0.625. The molecule has 406 valence electrons. The Morgan fingerprint density at radius 3 is 2.45 bits per heavy atom. The second kappa shape index (κ2) is 20.4. The summed E-state index contributed by atoms with van der Waals surface area (Å²) < 4.78 is 48.3. The summed E-state index contributed by atoms with van der Waals surface area (Å²) in [4.78, 5) is 70.4. The number of ether oxygens (including phenoxy) is 2. The largest absolute Gasteiger partial charge is 0.461 e. The highest BCUT2D eigenvalue weighted by Gasteiger charge is 2.50. The van der Waals surface area contributed by atoms with Crippen LogP contribution in [0.1, 0.15) is 100 Å². The number of hydrogen-bond acceptors (Lipinski definition) is 12. The molecule has 1 unspecified atom stereocenters. The number of aromatic nitrogens is 4. The molecule has 16 nitrogen and oxygen atoms in total. The summed E-state index contributed by atoms with van der Waals surface area (Å²) in [6.07, 6.45) is 15.7. The molecule has 2 N–H and O–H groups in total. The first-order valence-corrected chi connectivity index (χ1v) is 28.2. The molecule has 13 rings (SSSR count). The number of hydrogen-bond donors (Lipinski definition) is 2. The molecule has 6 aromatic rings. The molecule has 18 heteroatoms. The van der Waals surface area contributed by atoms with Crippen LogP contribution >= 0.6 is 0 Å². The number of aryl methyl sites for hydroxylation is 1. The number of fused-ring (bicyclic) bond motifs is 6. The van der Waals surface area contributed by atoms with Gasteiger partial charge in [0, 0.05) is 80.7 Å². The van der Waals surface area contributed by atoms with Crippen LogP contribution in [0.4, 0.5) is 19.4 Å². The first kappa shape index (κ1) is 50.6. The SMILES string of the molecule is C#Cc1c(F)ccc2cccc(-c3ccc4c(N5C[C@H]6CC[C@@H](C5)N6)nc(OC[C@@]56CCCN5[C@H](COC(=O)N5CCC(CN7CCC(c8ccc9c(c8)n(C)c(=O)n9C8CCC(=O)NC8=O)CC7)CC5)CC6)nc4c3F)c12. The number of carbonyl (C=O) groups excluding carboxylic acids is 3. The molecule has 7 fully saturated rings. The van der Waals surface area contributed by atoms with Gasteiger partial charge in [0.15, 0.2) is 5.82 Å². The van der Waals surface area contributed by atoms with E-state index in [-0.39, 0.29) is 58.3 Å². The van der Waals surface area contributed by atoms with Crippen molar-refractivity contribution < 1.29 is 32.6 Å². The molecule has 7 saturated heterocycles. The van der Waals surface area contributed by atoms with Crippen LogP contribution < -0.4 is 26.0 Å². The van der Waals surface area contributed by atoms with Crippen LogP contribution in [-0.4, -0.2) is 141 Å². The van der Waals surface area contributed by atoms with Crippen LogP contribution in [0.25, 0.3) is 43.8 Å². The van der Waals surface area contributed by atoms with E-state index in [0.29, 0.717) is 89.7 Å². The third kappa shape index (κ3) is 9.05. The predicted molar refractivity (Wildman–Crippen MR) is 292 cm³/mol. The Labute approximate surface area is 451 Å². The molecule has 4 aromatic carbocycles. The van der Waals surface area contributed by atoms with Gasteiger partial charge in [-0.3, -0.25) is 28.9 Å². The lowest BCUT2D eigenvalue weighted by molar-refractivity contribution is -0.135. The van der Waals surface area contributed by atoms with Crippen molar-refractivity contribution in [3.05, 3.63) is 93.9 Å². The number of nitrogens with one attached hydrogen (secondary N) is 2. The van der Waals surface area contributed by atoms with Gasteiger partial charge in [-0.1, -0.05) is 42.3 Å². The number of amides is 3. The number of anilines is 1. The summed E-state index contributed by atoms with van der Waals surface area (Å²) in [6, 6.07) is 18.3. The zero-order valence-electron chi connectivity index (χ0n) is 44.2. The molecule has 9 heterocycles. The van der Waals surface area contributed by atoms with Crippen molar-refractivity contribution in [2.45, 2.75) is 113 Å². The molecule has 2 aromatic heterocycles. The van der Waals surface area contributed by atoms with Gasteiger partial charge in [0.1, 0.15) is 36.4 Å². The summed E-state index contributed by atoms with van der Waals surface area (Å²) in [5, 5.41) is 7.85. The zero-order valence-corrected chi connectivity index (χ0v) is 44.2. The van der Waals surface area contributed by atoms with E-state index in [4.69, 9.17) is 25.9 Å². The van der Waals surface area contributed by atoms with Gasteiger partial charge in [0.05, 0.1) is 22.1 Å². The Hall–Kier alpha value is -6.94. The number of carbonyl (C=O) groups is 3. The fourth-order valence-electron chi connectivity index (χ4n) is 14.6. The van der Waals surface area contributed by atoms with E-state index in [1.807, 2.05) is 29.2 Å². The van der Waals surface area contributed by atoms with E-state index in [0.717, 1.165) is 109 Å². The Morgan fingerprint density at radius 1 is 0.859 bits per heavy atom. The highest BCUT2D eigenvalue weighted by molar-refractivity contribution is 6.03. The summed E-state index contributed by atoms with van der Waals surface area (Å²) in [5.74, 6) is 2.17. The van der Waals surface area contributed by atoms with E-state index in [1.165, 1.54) is 16.2 Å². The van der Waals surface area contributed by atoms with Crippen molar-refractivity contribution in [2.24, 2.45) is 13.0 Å². The van der Waals surface area contributed by atoms with Crippen LogP contribution in [0.15, 0.2) is 65.5 Å². The lowest BCUT2D eigenvalue weighted by Crippen LogP contribution is -2.51. The first-order chi connectivity index (χ1) is 37.9. The second-order valence-corrected chi connectivity index (χ2v) is 23.2. The maximum atomic E-state index is 17.3. The van der Waals surface area contributed by atoms with Gasteiger partial charge in [-0.15, -0.1) is 6.42 Å². The Morgan fingerprint density at radius 2 is 1.67 bits per heavy atom. The number of benzene rings is 4. The molecule has 0 saturated carbocycles. The van der Waals surface area contributed by atoms with Crippen LogP contribution in [0, 0.1) is 29.9 Å². The maximum Gasteiger partial charge on any atom is 0.409 e. The van der Waals surface area contributed by atoms with Crippen LogP contribution in [0.3, 0.4) is 0 Å². The minimum absolute atomic E-state index is 0.0519. The predicted octanol–water partition coefficient (Wildman–Crippen LogP) is 7.39. The normalized spacial score (nSPS) is 25.3. The van der Waals surface area contributed by atoms with Crippen molar-refractivity contribution in [3.63, 3.8) is 0 Å². The minimum Gasteiger partial charge on any atom is -0.461 e. The van der Waals surface area contributed by atoms with E-state index >= 15 is 8.78 Å². The molecule has 7 aliphatic heterocycles. The summed E-state index contributed by atoms with van der Waals surface area (Å²) in [7, 11) is 1.74. The van der Waals surface area contributed by atoms with Crippen molar-refractivity contribution in [1.29, 1.82) is 0 Å². The number of imide groups is 1. The highest BCUT2D eigenvalue weighted by Crippen LogP contribution is 2.44. The molecule has 2 bridgehead atoms. The lowest BCUT2D eigenvalue weighted by atomic mass is 9.88. The molecular formula is C60H66F2N10O6. The summed E-state index contributed by atoms with van der Waals surface area (Å²) >= 11 is 0. The summed E-state index contributed by atoms with van der Waals surface area (Å²) in [6.45, 7) is 7.24. The third-order valence-electron chi connectivity index (χ3n) is 18.7. The average Bonchev–Trinajstić information content (AvgIpc) is 4.20. The molecule has 0 aliphatic carbocycles. The first-order valence-electron chi connectivity index (χ1n) is 28.2. The molecule has 5 atom stereocenters. The molecule has 78 heavy (non-hydrogen) atoms. The zero-order chi connectivity index (χ0) is 53.4. The fraction of sp³-hybridized carbons (Fsp3) is 0.500. The number of nitrogens with zero attached hydrogens (tertiary/aromatic N) is 8. The van der Waals surface area contributed by atoms with Crippen molar-refractivity contribution in [3.8, 4) is 29.5 Å². The number of imidazole rings is 1. The van der Waals surface area contributed by atoms with E-state index < -0.39 is 23.6 Å². The lowest BCUT2D eigenvalue weighted by Gasteiger charge is -2.38. The van der Waals surface area contributed by atoms with Crippen molar-refractivity contribution in [2.75, 3.05) is 70.5 Å². The minimum atomic E-state index is -0.702. The Bertz CT molecular complexity index is 3480. The van der Waals surface area contributed by atoms with Crippen LogP contribution in [-0.2, 0) is 21.4 Å². The number of likely N-dealkylation sites (tertiary alicyclic amines) is 2. The van der Waals surface area contributed by atoms with Gasteiger partial charge in [-0.05, 0) is 143 Å². The molecule has 7 aliphatic rings. The molecule has 3 amide bonds. The van der Waals surface area contributed by atoms with Crippen LogP contribution in [0.5, 0.6) is 6.01 Å². The monoisotopic (exact) mass is 1060 g/mol. The second-order valence-electron chi connectivity index (χ2n) is 23.2. The third-order valence-corrected chi connectivity index (χ3v) is 18.7. The number of piperidine rings is 3. The van der Waals surface area contributed by atoms with E-state index in [2.05, 4.69) is 43.4 Å². The highest BCUT2D eigenvalue weighted by atomic mass is 19.1. The van der Waals surface area contributed by atoms with E-state index in [1.54, 1.807) is 29.8 Å². The van der Waals surface area contributed by atoms with Gasteiger partial charge in [-0.2, -0.15) is 9.97 Å². The average molecular weight is 1060 g/mol. The van der Waals surface area contributed by atoms with Crippen molar-refractivity contribution in [1.82, 2.24) is 44.4 Å². The number of rotatable bonds is 11. The molecule has 0 radical (unpaired) electrons. The number of terminal acetylenes is 1. The fourth-order valence-corrected chi connectivity index (χ4v) is 14.6. The molecular weight excluding hydrogens is 995 g/mol. The molecule has 0 spiro atoms. The van der Waals surface area contributed by atoms with Gasteiger partial charge >= 0.3 is 17.8 Å². The topological polar surface area (TPSA) is 159 Å². The Kier molecular flexibility index (Phi) is 13.2. The smallest absolute Gasteiger partial charge is 0.409 e. The quantitative estimate of drug-likeness (QED) is 0.0981. The summed E-state index contributed by atoms with van der Waals surface area (Å²) in [5.41, 5.74) is 3.13. The van der Waals surface area contributed by atoms with E-state index in [9.17, 15) is 19.2 Å². The van der Waals surface area contributed by atoms with Gasteiger partial charge in [0.25, 0.3) is 0 Å². The standard InChI is InChI=1S/C60H66F2N10O6/c1-3-43-47(61)14-8-38-6-4-7-44(52(38)43)45-12-13-46-54(53(45)62)65-57(66-55(46)70-32-40-10-11-41(33-70)63-40)78-35-60-23-5-25-71(60)42(18-24-60)34-77-59(76)69-28-19-36(20-29-69)31-68-26-21-37(22-27-68)39-9-15-48-50(30-39)67(2)58(75)72(48)49-16-17-51(73)64-56(49)74/h1,4,6-9,12-15,30,36-37,40-42,49,63H,5,10-11,16-29,31-35H2,2H3,(H,64,73,74)/t40-,41+,42-,49?,60-/m0/s1. The van der Waals surface area contributed by atoms with Gasteiger partial charge in [-0.25, -0.2) is 18.4 Å². The van der Waals surface area contributed by atoms with Gasteiger partial charge in [0.2, 0.25) is 11.8 Å². The van der Waals surface area contributed by atoms with Gasteiger partial charge < -0.3 is 29.5 Å². The van der Waals surface area contributed by atoms with Crippen molar-refractivity contribution >= 4 is 56.4 Å². The number of halogens is 2. The maximum absolute atomic E-state index is 17.3. The van der Waals surface area contributed by atoms with Crippen LogP contribution in [0.2, 0.25) is 0 Å².